The summed E-state index contributed by atoms with van der Waals surface area (Å²) in [6, 6.07) is 6.12. The van der Waals surface area contributed by atoms with Crippen molar-refractivity contribution < 1.29 is 9.15 Å². The van der Waals surface area contributed by atoms with Crippen LogP contribution >= 0.6 is 0 Å². The zero-order valence-corrected chi connectivity index (χ0v) is 13.1. The predicted octanol–water partition coefficient (Wildman–Crippen LogP) is 3.72. The lowest BCUT2D eigenvalue weighted by Crippen LogP contribution is -2.23. The Kier molecular flexibility index (Phi) is 5.81. The molecule has 0 aliphatic carbocycles. The normalized spacial score (nSPS) is 12.3. The third-order valence-corrected chi connectivity index (χ3v) is 3.29. The summed E-state index contributed by atoms with van der Waals surface area (Å²) in [5.74, 6) is 2.72. The van der Waals surface area contributed by atoms with Crippen LogP contribution < -0.4 is 10.1 Å². The van der Waals surface area contributed by atoms with E-state index in [2.05, 4.69) is 24.1 Å². The van der Waals surface area contributed by atoms with Crippen LogP contribution in [-0.2, 0) is 6.42 Å². The minimum absolute atomic E-state index is 0.0122. The van der Waals surface area contributed by atoms with Gasteiger partial charge in [0.1, 0.15) is 17.3 Å². The molecule has 0 amide bonds. The largest absolute Gasteiger partial charge is 0.492 e. The Morgan fingerprint density at radius 1 is 1.24 bits per heavy atom. The summed E-state index contributed by atoms with van der Waals surface area (Å²) < 4.78 is 11.5. The number of aromatic nitrogens is 1. The first kappa shape index (κ1) is 15.6. The van der Waals surface area contributed by atoms with Crippen LogP contribution in [0.4, 0.5) is 0 Å². The molecule has 0 radical (unpaired) electrons. The van der Waals surface area contributed by atoms with Crippen LogP contribution in [0.1, 0.15) is 50.3 Å². The van der Waals surface area contributed by atoms with E-state index in [0.29, 0.717) is 6.61 Å². The molecule has 21 heavy (non-hydrogen) atoms. The maximum atomic E-state index is 5.92. The molecule has 0 aromatic carbocycles. The van der Waals surface area contributed by atoms with Crippen molar-refractivity contribution in [3.05, 3.63) is 47.7 Å². The number of hydrogen-bond donors (Lipinski definition) is 1. The number of ether oxygens (including phenoxy) is 1. The summed E-state index contributed by atoms with van der Waals surface area (Å²) >= 11 is 0. The average Bonchev–Trinajstić information content (AvgIpc) is 2.97. The quantitative estimate of drug-likeness (QED) is 0.804. The molecule has 0 saturated carbocycles. The van der Waals surface area contributed by atoms with Gasteiger partial charge in [-0.25, -0.2) is 0 Å². The highest BCUT2D eigenvalue weighted by Gasteiger charge is 2.18. The van der Waals surface area contributed by atoms with Gasteiger partial charge in [0.05, 0.1) is 18.8 Å². The molecule has 2 aromatic heterocycles. The van der Waals surface area contributed by atoms with E-state index in [9.17, 15) is 0 Å². The van der Waals surface area contributed by atoms with Gasteiger partial charge in [0.15, 0.2) is 0 Å². The molecule has 0 aliphatic rings. The van der Waals surface area contributed by atoms with Gasteiger partial charge in [-0.2, -0.15) is 0 Å². The Bertz CT molecular complexity index is 551. The minimum atomic E-state index is 0.0122. The number of rotatable bonds is 8. The van der Waals surface area contributed by atoms with Gasteiger partial charge in [-0.3, -0.25) is 4.98 Å². The summed E-state index contributed by atoms with van der Waals surface area (Å²) in [6.45, 7) is 7.77. The number of nitrogens with zero attached hydrogens (tertiary/aromatic N) is 1. The third-order valence-electron chi connectivity index (χ3n) is 3.29. The molecule has 114 valence electrons. The summed E-state index contributed by atoms with van der Waals surface area (Å²) in [5, 5.41) is 3.52. The molecule has 0 fully saturated rings. The van der Waals surface area contributed by atoms with Gasteiger partial charge in [-0.05, 0) is 43.7 Å². The maximum absolute atomic E-state index is 5.92. The van der Waals surface area contributed by atoms with Gasteiger partial charge in [-0.15, -0.1) is 0 Å². The van der Waals surface area contributed by atoms with Gasteiger partial charge < -0.3 is 14.5 Å². The van der Waals surface area contributed by atoms with Crippen LogP contribution in [0.25, 0.3) is 0 Å². The second-order valence-electron chi connectivity index (χ2n) is 4.93. The monoisotopic (exact) mass is 288 g/mol. The van der Waals surface area contributed by atoms with E-state index in [4.69, 9.17) is 9.15 Å². The number of furan rings is 1. The van der Waals surface area contributed by atoms with E-state index in [-0.39, 0.29) is 6.04 Å². The molecule has 1 unspecified atom stereocenters. The molecule has 1 atom stereocenters. The topological polar surface area (TPSA) is 47.3 Å². The van der Waals surface area contributed by atoms with Crippen molar-refractivity contribution in [3.63, 3.8) is 0 Å². The summed E-state index contributed by atoms with van der Waals surface area (Å²) in [7, 11) is 0. The van der Waals surface area contributed by atoms with Crippen molar-refractivity contribution in [2.24, 2.45) is 0 Å². The second-order valence-corrected chi connectivity index (χ2v) is 4.93. The molecule has 2 aromatic rings. The molecular weight excluding hydrogens is 264 g/mol. The highest BCUT2D eigenvalue weighted by atomic mass is 16.5. The number of nitrogens with one attached hydrogen (secondary N) is 1. The van der Waals surface area contributed by atoms with E-state index in [0.717, 1.165) is 42.2 Å². The second kappa shape index (κ2) is 7.84. The lowest BCUT2D eigenvalue weighted by Gasteiger charge is -2.17. The zero-order chi connectivity index (χ0) is 15.1. The Morgan fingerprint density at radius 3 is 2.76 bits per heavy atom. The van der Waals surface area contributed by atoms with Gasteiger partial charge in [0.25, 0.3) is 0 Å². The first-order valence-electron chi connectivity index (χ1n) is 7.68. The van der Waals surface area contributed by atoms with Gasteiger partial charge >= 0.3 is 0 Å². The molecule has 4 heteroatoms. The predicted molar refractivity (Wildman–Crippen MR) is 83.6 cm³/mol. The van der Waals surface area contributed by atoms with Crippen LogP contribution in [0.3, 0.4) is 0 Å². The highest BCUT2D eigenvalue weighted by Crippen LogP contribution is 2.26. The van der Waals surface area contributed by atoms with Gasteiger partial charge in [0, 0.05) is 12.6 Å². The molecule has 2 heterocycles. The summed E-state index contributed by atoms with van der Waals surface area (Å²) in [5.41, 5.74) is 1.06. The first-order chi connectivity index (χ1) is 10.3. The third kappa shape index (κ3) is 4.08. The van der Waals surface area contributed by atoms with Crippen molar-refractivity contribution in [1.29, 1.82) is 0 Å². The Hall–Kier alpha value is -1.81. The number of hydrogen-bond acceptors (Lipinski definition) is 4. The van der Waals surface area contributed by atoms with E-state index >= 15 is 0 Å². The van der Waals surface area contributed by atoms with Crippen LogP contribution in [0.2, 0.25) is 0 Å². The van der Waals surface area contributed by atoms with E-state index in [1.165, 1.54) is 0 Å². The molecule has 4 nitrogen and oxygen atoms in total. The fourth-order valence-electron chi connectivity index (χ4n) is 2.25. The molecular formula is C17H24N2O2. The number of aryl methyl sites for hydroxylation is 1. The lowest BCUT2D eigenvalue weighted by molar-refractivity contribution is 0.337. The SMILES string of the molecule is CCCNC(c1cncc(OCC)c1)c1ccc(CC)o1. The Balaban J connectivity index is 2.28. The number of pyridine rings is 1. The Morgan fingerprint density at radius 2 is 2.10 bits per heavy atom. The van der Waals surface area contributed by atoms with Gasteiger partial charge in [0.2, 0.25) is 0 Å². The average molecular weight is 288 g/mol. The fourth-order valence-corrected chi connectivity index (χ4v) is 2.25. The van der Waals surface area contributed by atoms with Crippen LogP contribution in [-0.4, -0.2) is 18.1 Å². The smallest absolute Gasteiger partial charge is 0.137 e. The molecule has 0 aliphatic heterocycles. The summed E-state index contributed by atoms with van der Waals surface area (Å²) in [4.78, 5) is 4.28. The highest BCUT2D eigenvalue weighted by molar-refractivity contribution is 5.31. The Labute approximate surface area is 126 Å². The van der Waals surface area contributed by atoms with E-state index in [1.807, 2.05) is 31.3 Å². The standard InChI is InChI=1S/C17H24N2O2/c1-4-9-19-17(16-8-7-14(5-2)21-16)13-10-15(20-6-3)12-18-11-13/h7-8,10-12,17,19H,4-6,9H2,1-3H3. The molecule has 0 saturated heterocycles. The van der Waals surface area contributed by atoms with Crippen molar-refractivity contribution in [2.75, 3.05) is 13.2 Å². The van der Waals surface area contributed by atoms with Crippen molar-refractivity contribution >= 4 is 0 Å². The lowest BCUT2D eigenvalue weighted by atomic mass is 10.1. The summed E-state index contributed by atoms with van der Waals surface area (Å²) in [6.07, 6.45) is 5.57. The maximum Gasteiger partial charge on any atom is 0.137 e. The fraction of sp³-hybridized carbons (Fsp3) is 0.471. The van der Waals surface area contributed by atoms with Crippen molar-refractivity contribution in [2.45, 2.75) is 39.7 Å². The van der Waals surface area contributed by atoms with Crippen LogP contribution in [0.15, 0.2) is 35.0 Å². The molecule has 0 bridgehead atoms. The van der Waals surface area contributed by atoms with E-state index in [1.54, 1.807) is 6.20 Å². The first-order valence-corrected chi connectivity index (χ1v) is 7.68. The van der Waals surface area contributed by atoms with Crippen molar-refractivity contribution in [1.82, 2.24) is 10.3 Å². The minimum Gasteiger partial charge on any atom is -0.492 e. The zero-order valence-electron chi connectivity index (χ0n) is 13.1. The van der Waals surface area contributed by atoms with Crippen LogP contribution in [0.5, 0.6) is 5.75 Å². The molecule has 2 rings (SSSR count). The molecule has 1 N–H and O–H groups in total. The van der Waals surface area contributed by atoms with Crippen molar-refractivity contribution in [3.8, 4) is 5.75 Å². The van der Waals surface area contributed by atoms with E-state index < -0.39 is 0 Å². The van der Waals surface area contributed by atoms with Gasteiger partial charge in [-0.1, -0.05) is 13.8 Å². The van der Waals surface area contributed by atoms with Crippen LogP contribution in [0, 0.1) is 0 Å². The molecule has 0 spiro atoms.